The molecule has 0 saturated carbocycles. The molecule has 0 spiro atoms. The van der Waals surface area contributed by atoms with Crippen LogP contribution >= 0.6 is 0 Å². The fourth-order valence-electron chi connectivity index (χ4n) is 3.08. The number of carbonyl (C=O) groups is 2. The number of amides is 2. The second-order valence-electron chi connectivity index (χ2n) is 5.03. The molecular formula is C15H12N2O2. The lowest BCUT2D eigenvalue weighted by Gasteiger charge is -2.14. The Morgan fingerprint density at radius 3 is 2.89 bits per heavy atom. The second kappa shape index (κ2) is 3.57. The predicted molar refractivity (Wildman–Crippen MR) is 71.4 cm³/mol. The molecule has 2 amide bonds. The summed E-state index contributed by atoms with van der Waals surface area (Å²) >= 11 is 0. The van der Waals surface area contributed by atoms with E-state index >= 15 is 0 Å². The smallest absolute Gasteiger partial charge is 0.258 e. The van der Waals surface area contributed by atoms with E-state index in [4.69, 9.17) is 0 Å². The van der Waals surface area contributed by atoms with Crippen molar-refractivity contribution in [2.45, 2.75) is 19.4 Å². The third kappa shape index (κ3) is 1.40. The molecule has 0 aliphatic carbocycles. The van der Waals surface area contributed by atoms with Crippen molar-refractivity contribution in [1.82, 2.24) is 9.88 Å². The summed E-state index contributed by atoms with van der Waals surface area (Å²) in [6, 6.07) is 6.18. The van der Waals surface area contributed by atoms with Gasteiger partial charge in [0.1, 0.15) is 0 Å². The Hall–Kier alpha value is -2.36. The predicted octanol–water partition coefficient (Wildman–Crippen LogP) is 1.63. The summed E-state index contributed by atoms with van der Waals surface area (Å²) in [7, 11) is 0. The first-order valence-corrected chi connectivity index (χ1v) is 6.42. The Bertz CT molecular complexity index is 768. The highest BCUT2D eigenvalue weighted by Crippen LogP contribution is 2.33. The van der Waals surface area contributed by atoms with Gasteiger partial charge in [-0.1, -0.05) is 18.2 Å². The van der Waals surface area contributed by atoms with Crippen molar-refractivity contribution in [2.24, 2.45) is 0 Å². The highest BCUT2D eigenvalue weighted by molar-refractivity contribution is 6.35. The molecule has 4 rings (SSSR count). The molecule has 3 heterocycles. The van der Waals surface area contributed by atoms with Crippen LogP contribution in [0.15, 0.2) is 30.5 Å². The van der Waals surface area contributed by atoms with Crippen LogP contribution in [0.25, 0.3) is 16.5 Å². The molecule has 94 valence electrons. The van der Waals surface area contributed by atoms with Gasteiger partial charge in [0.25, 0.3) is 11.8 Å². The first kappa shape index (κ1) is 10.6. The van der Waals surface area contributed by atoms with Crippen LogP contribution in [0.2, 0.25) is 0 Å². The number of para-hydroxylation sites is 1. The molecule has 2 aromatic rings. The van der Waals surface area contributed by atoms with Crippen LogP contribution in [-0.2, 0) is 22.6 Å². The maximum atomic E-state index is 11.8. The molecule has 19 heavy (non-hydrogen) atoms. The lowest BCUT2D eigenvalue weighted by molar-refractivity contribution is -0.123. The molecule has 1 N–H and O–H groups in total. The minimum atomic E-state index is -0.327. The number of nitrogens with zero attached hydrogens (tertiary/aromatic N) is 1. The van der Waals surface area contributed by atoms with E-state index in [0.717, 1.165) is 30.3 Å². The van der Waals surface area contributed by atoms with E-state index in [1.54, 1.807) is 0 Å². The molecule has 0 unspecified atom stereocenters. The molecule has 0 fully saturated rings. The minimum absolute atomic E-state index is 0.297. The number of hydrogen-bond acceptors (Lipinski definition) is 2. The lowest BCUT2D eigenvalue weighted by Crippen LogP contribution is -2.21. The van der Waals surface area contributed by atoms with Gasteiger partial charge < -0.3 is 4.57 Å². The van der Waals surface area contributed by atoms with E-state index in [1.807, 2.05) is 18.3 Å². The Morgan fingerprint density at radius 2 is 2.11 bits per heavy atom. The molecule has 2 aliphatic rings. The van der Waals surface area contributed by atoms with Crippen LogP contribution in [0.1, 0.15) is 17.5 Å². The average molecular weight is 252 g/mol. The molecule has 4 heteroatoms. The zero-order chi connectivity index (χ0) is 13.0. The molecular weight excluding hydrogens is 240 g/mol. The van der Waals surface area contributed by atoms with Gasteiger partial charge in [-0.15, -0.1) is 0 Å². The fraction of sp³-hybridized carbons (Fsp3) is 0.200. The second-order valence-corrected chi connectivity index (χ2v) is 5.03. The molecule has 0 radical (unpaired) electrons. The number of rotatable bonds is 1. The quantitative estimate of drug-likeness (QED) is 0.784. The van der Waals surface area contributed by atoms with Crippen molar-refractivity contribution in [3.05, 3.63) is 41.6 Å². The Morgan fingerprint density at radius 1 is 1.21 bits per heavy atom. The van der Waals surface area contributed by atoms with Gasteiger partial charge in [0.05, 0.1) is 11.1 Å². The SMILES string of the molecule is O=C1C=C(c2cn3c4c(cccc24)CCC3)C(=O)N1. The van der Waals surface area contributed by atoms with Crippen LogP contribution in [-0.4, -0.2) is 16.4 Å². The fourth-order valence-corrected chi connectivity index (χ4v) is 3.08. The topological polar surface area (TPSA) is 51.1 Å². The van der Waals surface area contributed by atoms with Crippen molar-refractivity contribution < 1.29 is 9.59 Å². The van der Waals surface area contributed by atoms with Crippen molar-refractivity contribution in [3.8, 4) is 0 Å². The van der Waals surface area contributed by atoms with Gasteiger partial charge in [-0.25, -0.2) is 0 Å². The summed E-state index contributed by atoms with van der Waals surface area (Å²) in [5.74, 6) is -0.624. The first-order valence-electron chi connectivity index (χ1n) is 6.42. The molecule has 0 atom stereocenters. The maximum Gasteiger partial charge on any atom is 0.258 e. The van der Waals surface area contributed by atoms with Gasteiger partial charge in [0.15, 0.2) is 0 Å². The molecule has 0 saturated heterocycles. The molecule has 1 aromatic heterocycles. The summed E-state index contributed by atoms with van der Waals surface area (Å²) < 4.78 is 2.19. The normalized spacial score (nSPS) is 17.8. The minimum Gasteiger partial charge on any atom is -0.347 e. The molecule has 1 aromatic carbocycles. The summed E-state index contributed by atoms with van der Waals surface area (Å²) in [6.07, 6.45) is 5.58. The largest absolute Gasteiger partial charge is 0.347 e. The Kier molecular flexibility index (Phi) is 1.98. The summed E-state index contributed by atoms with van der Waals surface area (Å²) in [5, 5.41) is 3.37. The van der Waals surface area contributed by atoms with E-state index in [9.17, 15) is 9.59 Å². The number of nitrogens with one attached hydrogen (secondary N) is 1. The number of carbonyl (C=O) groups excluding carboxylic acids is 2. The Labute approximate surface area is 109 Å². The van der Waals surface area contributed by atoms with E-state index < -0.39 is 0 Å². The van der Waals surface area contributed by atoms with Crippen LogP contribution in [0, 0.1) is 0 Å². The van der Waals surface area contributed by atoms with Crippen LogP contribution in [0.5, 0.6) is 0 Å². The van der Waals surface area contributed by atoms with Crippen LogP contribution in [0.4, 0.5) is 0 Å². The van der Waals surface area contributed by atoms with Gasteiger partial charge in [-0.2, -0.15) is 0 Å². The van der Waals surface area contributed by atoms with Gasteiger partial charge in [-0.3, -0.25) is 14.9 Å². The Balaban J connectivity index is 2.03. The summed E-state index contributed by atoms with van der Waals surface area (Å²) in [5.41, 5.74) is 3.87. The molecule has 0 bridgehead atoms. The molecule has 2 aliphatic heterocycles. The average Bonchev–Trinajstić information content (AvgIpc) is 2.93. The number of aryl methyl sites for hydroxylation is 2. The van der Waals surface area contributed by atoms with E-state index in [1.165, 1.54) is 17.2 Å². The van der Waals surface area contributed by atoms with Crippen LogP contribution in [0.3, 0.4) is 0 Å². The summed E-state index contributed by atoms with van der Waals surface area (Å²) in [6.45, 7) is 0.969. The monoisotopic (exact) mass is 252 g/mol. The van der Waals surface area contributed by atoms with Gasteiger partial charge in [0, 0.05) is 29.8 Å². The van der Waals surface area contributed by atoms with E-state index in [0.29, 0.717) is 5.57 Å². The number of aromatic nitrogens is 1. The van der Waals surface area contributed by atoms with Crippen molar-refractivity contribution >= 4 is 28.3 Å². The van der Waals surface area contributed by atoms with E-state index in [2.05, 4.69) is 16.0 Å². The maximum absolute atomic E-state index is 11.8. The van der Waals surface area contributed by atoms with Crippen molar-refractivity contribution in [2.75, 3.05) is 0 Å². The third-order valence-electron chi connectivity index (χ3n) is 3.87. The lowest BCUT2D eigenvalue weighted by atomic mass is 10.0. The first-order chi connectivity index (χ1) is 9.24. The standard InChI is InChI=1S/C15H12N2O2/c18-13-7-11(15(19)16-13)12-8-17-6-2-4-9-3-1-5-10(12)14(9)17/h1,3,5,7-8H,2,4,6H2,(H,16,18,19). The zero-order valence-corrected chi connectivity index (χ0v) is 10.3. The van der Waals surface area contributed by atoms with Gasteiger partial charge >= 0.3 is 0 Å². The van der Waals surface area contributed by atoms with Gasteiger partial charge in [-0.05, 0) is 18.4 Å². The summed E-state index contributed by atoms with van der Waals surface area (Å²) in [4.78, 5) is 23.1. The highest BCUT2D eigenvalue weighted by atomic mass is 16.2. The van der Waals surface area contributed by atoms with Crippen molar-refractivity contribution in [1.29, 1.82) is 0 Å². The third-order valence-corrected chi connectivity index (χ3v) is 3.87. The van der Waals surface area contributed by atoms with E-state index in [-0.39, 0.29) is 11.8 Å². The van der Waals surface area contributed by atoms with Gasteiger partial charge in [0.2, 0.25) is 0 Å². The molecule has 4 nitrogen and oxygen atoms in total. The van der Waals surface area contributed by atoms with Crippen LogP contribution < -0.4 is 5.32 Å². The zero-order valence-electron chi connectivity index (χ0n) is 10.3. The number of benzene rings is 1. The number of imide groups is 1. The highest BCUT2D eigenvalue weighted by Gasteiger charge is 2.26. The van der Waals surface area contributed by atoms with Crippen molar-refractivity contribution in [3.63, 3.8) is 0 Å². The number of hydrogen-bond donors (Lipinski definition) is 1.